The third-order valence-corrected chi connectivity index (χ3v) is 1.72. The van der Waals surface area contributed by atoms with Gasteiger partial charge in [0, 0.05) is 13.1 Å². The zero-order valence-electron chi connectivity index (χ0n) is 6.09. The Kier molecular flexibility index (Phi) is 1.12. The molecule has 0 aliphatic rings. The van der Waals surface area contributed by atoms with Crippen molar-refractivity contribution in [1.29, 1.82) is 0 Å². The number of H-pyrrole nitrogens is 1. The Morgan fingerprint density at radius 3 is 3.18 bits per heavy atom. The number of rotatable bonds is 0. The maximum atomic E-state index is 11.0. The molecule has 1 heterocycles. The van der Waals surface area contributed by atoms with E-state index in [1.54, 1.807) is 13.1 Å². The first-order valence-corrected chi connectivity index (χ1v) is 3.34. The van der Waals surface area contributed by atoms with Crippen LogP contribution in [0.1, 0.15) is 0 Å². The quantitative estimate of drug-likeness (QED) is 0.584. The first-order valence-electron chi connectivity index (χ1n) is 3.34. The molecule has 1 N–H and O–H groups in total. The summed E-state index contributed by atoms with van der Waals surface area (Å²) in [5.41, 5.74) is 1.56. The highest BCUT2D eigenvalue weighted by molar-refractivity contribution is 5.73. The number of hydrogen-bond donors (Lipinski definition) is 1. The van der Waals surface area contributed by atoms with Crippen LogP contribution in [0.2, 0.25) is 0 Å². The van der Waals surface area contributed by atoms with E-state index in [4.69, 9.17) is 0 Å². The summed E-state index contributed by atoms with van der Waals surface area (Å²) >= 11 is 0. The van der Waals surface area contributed by atoms with Crippen molar-refractivity contribution in [2.75, 3.05) is 0 Å². The topological polar surface area (TPSA) is 37.8 Å². The smallest absolute Gasteiger partial charge is 0.306 e. The lowest BCUT2D eigenvalue weighted by atomic mass is 10.3. The zero-order chi connectivity index (χ0) is 7.84. The molecule has 0 unspecified atom stereocenters. The van der Waals surface area contributed by atoms with Crippen molar-refractivity contribution in [2.24, 2.45) is 7.05 Å². The van der Waals surface area contributed by atoms with Crippen LogP contribution in [0, 0.1) is 6.07 Å². The molecule has 55 valence electrons. The predicted octanol–water partition coefficient (Wildman–Crippen LogP) is 0.667. The van der Waals surface area contributed by atoms with Crippen LogP contribution < -0.4 is 5.69 Å². The number of benzene rings is 1. The van der Waals surface area contributed by atoms with E-state index in [-0.39, 0.29) is 5.69 Å². The van der Waals surface area contributed by atoms with Crippen molar-refractivity contribution >= 4 is 11.0 Å². The summed E-state index contributed by atoms with van der Waals surface area (Å²) in [4.78, 5) is 13.7. The summed E-state index contributed by atoms with van der Waals surface area (Å²) in [7, 11) is 1.72. The average Bonchev–Trinajstić information content (AvgIpc) is 2.30. The van der Waals surface area contributed by atoms with Crippen LogP contribution in [0.3, 0.4) is 0 Å². The summed E-state index contributed by atoms with van der Waals surface area (Å²) in [6.45, 7) is 0. The minimum atomic E-state index is -0.0950. The molecule has 1 aromatic heterocycles. The maximum Gasteiger partial charge on any atom is 0.326 e. The molecule has 0 bridgehead atoms. The number of imidazole rings is 1. The maximum absolute atomic E-state index is 11.0. The van der Waals surface area contributed by atoms with Gasteiger partial charge in [0.15, 0.2) is 0 Å². The van der Waals surface area contributed by atoms with Crippen molar-refractivity contribution in [3.63, 3.8) is 0 Å². The minimum absolute atomic E-state index is 0.0950. The molecule has 0 saturated carbocycles. The van der Waals surface area contributed by atoms with Crippen molar-refractivity contribution in [3.05, 3.63) is 34.7 Å². The molecule has 0 aliphatic carbocycles. The Morgan fingerprint density at radius 2 is 2.45 bits per heavy atom. The van der Waals surface area contributed by atoms with Gasteiger partial charge in [0.05, 0.1) is 11.0 Å². The second-order valence-corrected chi connectivity index (χ2v) is 2.42. The van der Waals surface area contributed by atoms with Gasteiger partial charge < -0.3 is 4.98 Å². The molecule has 1 radical (unpaired) electrons. The van der Waals surface area contributed by atoms with Crippen molar-refractivity contribution in [3.8, 4) is 0 Å². The SMILES string of the molecule is Cn1c(=O)[nH]c2ccc[c]c21. The number of nitrogens with zero attached hydrogens (tertiary/aromatic N) is 1. The fraction of sp³-hybridized carbons (Fsp3) is 0.125. The van der Waals surface area contributed by atoms with Crippen LogP contribution in [0.15, 0.2) is 23.0 Å². The van der Waals surface area contributed by atoms with Crippen molar-refractivity contribution in [2.45, 2.75) is 0 Å². The van der Waals surface area contributed by atoms with E-state index >= 15 is 0 Å². The van der Waals surface area contributed by atoms with E-state index in [1.165, 1.54) is 4.57 Å². The number of aryl methyl sites for hydroxylation is 1. The normalized spacial score (nSPS) is 10.6. The molecule has 2 aromatic rings. The monoisotopic (exact) mass is 147 g/mol. The van der Waals surface area contributed by atoms with E-state index < -0.39 is 0 Å². The lowest BCUT2D eigenvalue weighted by Gasteiger charge is -1.88. The Balaban J connectivity index is 3.04. The van der Waals surface area contributed by atoms with E-state index in [1.807, 2.05) is 12.1 Å². The van der Waals surface area contributed by atoms with Crippen LogP contribution in [0.4, 0.5) is 0 Å². The van der Waals surface area contributed by atoms with E-state index in [0.29, 0.717) is 0 Å². The van der Waals surface area contributed by atoms with E-state index in [0.717, 1.165) is 11.0 Å². The summed E-state index contributed by atoms with van der Waals surface area (Å²) in [5, 5.41) is 0. The molecule has 0 amide bonds. The third kappa shape index (κ3) is 0.774. The molecule has 0 aliphatic heterocycles. The Hall–Kier alpha value is -1.51. The molecule has 1 aromatic carbocycles. The highest BCUT2D eigenvalue weighted by Crippen LogP contribution is 2.05. The number of hydrogen-bond acceptors (Lipinski definition) is 1. The zero-order valence-corrected chi connectivity index (χ0v) is 6.09. The Bertz CT molecular complexity index is 439. The Morgan fingerprint density at radius 1 is 1.64 bits per heavy atom. The van der Waals surface area contributed by atoms with Crippen LogP contribution in [0.5, 0.6) is 0 Å². The van der Waals surface area contributed by atoms with Gasteiger partial charge in [-0.1, -0.05) is 12.1 Å². The highest BCUT2D eigenvalue weighted by atomic mass is 16.1. The lowest BCUT2D eigenvalue weighted by molar-refractivity contribution is 0.891. The molecule has 11 heavy (non-hydrogen) atoms. The summed E-state index contributed by atoms with van der Waals surface area (Å²) < 4.78 is 1.54. The number of aromatic nitrogens is 2. The number of nitrogens with one attached hydrogen (secondary N) is 1. The second-order valence-electron chi connectivity index (χ2n) is 2.42. The molecule has 0 fully saturated rings. The molecule has 0 spiro atoms. The van der Waals surface area contributed by atoms with Crippen molar-refractivity contribution in [1.82, 2.24) is 9.55 Å². The van der Waals surface area contributed by atoms with Gasteiger partial charge in [-0.2, -0.15) is 0 Å². The lowest BCUT2D eigenvalue weighted by Crippen LogP contribution is -2.11. The van der Waals surface area contributed by atoms with Gasteiger partial charge in [-0.25, -0.2) is 4.79 Å². The standard InChI is InChI=1S/C8H7N2O/c1-10-7-5-3-2-4-6(7)9-8(10)11/h2-4H,1H3,(H,9,11). The van der Waals surface area contributed by atoms with Crippen LogP contribution in [0.25, 0.3) is 11.0 Å². The summed E-state index contributed by atoms with van der Waals surface area (Å²) in [6, 6.07) is 8.46. The molecule has 0 atom stereocenters. The van der Waals surface area contributed by atoms with Gasteiger partial charge in [0.1, 0.15) is 0 Å². The largest absolute Gasteiger partial charge is 0.326 e. The van der Waals surface area contributed by atoms with Gasteiger partial charge >= 0.3 is 5.69 Å². The van der Waals surface area contributed by atoms with Gasteiger partial charge in [0.25, 0.3) is 0 Å². The number of aromatic amines is 1. The molecular formula is C8H7N2O. The Labute approximate surface area is 63.3 Å². The number of para-hydroxylation sites is 1. The average molecular weight is 147 g/mol. The van der Waals surface area contributed by atoms with Gasteiger partial charge in [0.2, 0.25) is 0 Å². The fourth-order valence-corrected chi connectivity index (χ4v) is 1.11. The third-order valence-electron chi connectivity index (χ3n) is 1.72. The second kappa shape index (κ2) is 1.99. The van der Waals surface area contributed by atoms with Crippen molar-refractivity contribution < 1.29 is 0 Å². The van der Waals surface area contributed by atoms with Gasteiger partial charge in [-0.3, -0.25) is 4.57 Å². The molecular weight excluding hydrogens is 140 g/mol. The van der Waals surface area contributed by atoms with E-state index in [2.05, 4.69) is 11.1 Å². The molecule has 0 saturated heterocycles. The molecule has 2 rings (SSSR count). The molecule has 3 nitrogen and oxygen atoms in total. The van der Waals surface area contributed by atoms with Crippen LogP contribution in [-0.2, 0) is 7.05 Å². The molecule has 3 heteroatoms. The minimum Gasteiger partial charge on any atom is -0.306 e. The highest BCUT2D eigenvalue weighted by Gasteiger charge is 1.99. The van der Waals surface area contributed by atoms with E-state index in [9.17, 15) is 4.79 Å². The fourth-order valence-electron chi connectivity index (χ4n) is 1.11. The van der Waals surface area contributed by atoms with Gasteiger partial charge in [-0.15, -0.1) is 0 Å². The summed E-state index contributed by atoms with van der Waals surface area (Å²) in [5.74, 6) is 0. The van der Waals surface area contributed by atoms with Crippen LogP contribution >= 0.6 is 0 Å². The number of fused-ring (bicyclic) bond motifs is 1. The first kappa shape index (κ1) is 6.22. The van der Waals surface area contributed by atoms with Crippen LogP contribution in [-0.4, -0.2) is 9.55 Å². The predicted molar refractivity (Wildman–Crippen MR) is 42.4 cm³/mol. The van der Waals surface area contributed by atoms with Gasteiger partial charge in [-0.05, 0) is 6.07 Å². The first-order chi connectivity index (χ1) is 5.29. The summed E-state index contributed by atoms with van der Waals surface area (Å²) in [6.07, 6.45) is 0.